The van der Waals surface area contributed by atoms with E-state index in [2.05, 4.69) is 21.3 Å². The van der Waals surface area contributed by atoms with Crippen LogP contribution in [0.1, 0.15) is 33.4 Å². The number of rotatable bonds is 24. The minimum Gasteiger partial charge on any atom is -0.497 e. The van der Waals surface area contributed by atoms with Crippen molar-refractivity contribution < 1.29 is 88.0 Å². The molecule has 24 heteroatoms. The predicted molar refractivity (Wildman–Crippen MR) is 294 cm³/mol. The molecule has 18 nitrogen and oxygen atoms in total. The number of nitrogens with one attached hydrogen (secondary N) is 4. The average molecular weight is 1180 g/mol. The Morgan fingerprint density at radius 3 is 1.36 bits per heavy atom. The average Bonchev–Trinajstić information content (AvgIpc) is 1.83. The normalized spacial score (nSPS) is 21.6. The number of ether oxygens (including phenoxy) is 11. The zero-order chi connectivity index (χ0) is 59.8. The lowest BCUT2D eigenvalue weighted by molar-refractivity contribution is -0.308. The summed E-state index contributed by atoms with van der Waals surface area (Å²) in [6.45, 7) is -0.612. The van der Waals surface area contributed by atoms with Crippen molar-refractivity contribution in [3.63, 3.8) is 0 Å². The highest BCUT2D eigenvalue weighted by Gasteiger charge is 2.52. The molecule has 0 spiro atoms. The molecule has 6 N–H and O–H groups in total. The van der Waals surface area contributed by atoms with Crippen LogP contribution in [-0.4, -0.2) is 115 Å². The number of methoxy groups -OCH3 is 4. The third-order valence-corrected chi connectivity index (χ3v) is 13.8. The Morgan fingerprint density at radius 2 is 0.929 bits per heavy atom. The van der Waals surface area contributed by atoms with Gasteiger partial charge in [0.05, 0.1) is 104 Å². The molecule has 2 aliphatic rings. The minimum atomic E-state index is -4.75. The van der Waals surface area contributed by atoms with Gasteiger partial charge in [0.15, 0.2) is 6.29 Å². The van der Waals surface area contributed by atoms with Crippen LogP contribution >= 0.6 is 0 Å². The van der Waals surface area contributed by atoms with Gasteiger partial charge >= 0.3 is 24.4 Å². The quantitative estimate of drug-likeness (QED) is 0.0358. The first-order valence-electron chi connectivity index (χ1n) is 26.5. The van der Waals surface area contributed by atoms with Crippen molar-refractivity contribution in [1.82, 2.24) is 10.6 Å². The van der Waals surface area contributed by atoms with E-state index in [1.807, 2.05) is 24.3 Å². The number of amides is 4. The van der Waals surface area contributed by atoms with Gasteiger partial charge in [-0.25, -0.2) is 9.59 Å². The van der Waals surface area contributed by atoms with Gasteiger partial charge in [0.1, 0.15) is 53.5 Å². The highest BCUT2D eigenvalue weighted by atomic mass is 19.4. The molecular weight excluding hydrogens is 1110 g/mol. The monoisotopic (exact) mass is 1180 g/mol. The molecule has 2 saturated heterocycles. The summed E-state index contributed by atoms with van der Waals surface area (Å²) in [5.74, 6) is 2.39. The van der Waals surface area contributed by atoms with Gasteiger partial charge in [-0.15, -0.1) is 0 Å². The van der Waals surface area contributed by atoms with E-state index in [9.17, 15) is 35.9 Å². The number of anilines is 2. The van der Waals surface area contributed by atoms with Crippen LogP contribution in [0.2, 0.25) is 0 Å². The van der Waals surface area contributed by atoms with Crippen LogP contribution < -0.4 is 45.9 Å². The molecule has 2 heterocycles. The Bertz CT molecular complexity index is 3040. The van der Waals surface area contributed by atoms with Crippen molar-refractivity contribution in [3.05, 3.63) is 179 Å². The molecule has 0 radical (unpaired) electrons. The Kier molecular flexibility index (Phi) is 21.7. The van der Waals surface area contributed by atoms with Crippen molar-refractivity contribution in [1.29, 1.82) is 0 Å². The lowest BCUT2D eigenvalue weighted by atomic mass is 9.93. The maximum absolute atomic E-state index is 14.5. The van der Waals surface area contributed by atoms with Crippen LogP contribution in [0.4, 0.5) is 47.3 Å². The molecule has 450 valence electrons. The highest BCUT2D eigenvalue weighted by molar-refractivity contribution is 5.90. The number of alkyl halides is 6. The minimum absolute atomic E-state index is 0.0555. The summed E-state index contributed by atoms with van der Waals surface area (Å²) in [6, 6.07) is 30.6. The maximum atomic E-state index is 14.5. The number of halogens is 6. The Labute approximate surface area is 481 Å². The SMILES string of the molecule is COc1ccc(COCC2O[C@@H](O[C@@H]3C(NC(=O)Nc4cccc(C(F)(F)F)c4)COC(COCc4ccc(OC)cc4)[C@@H]3N)C(NC(=O)Nc3cccc(C(F)(F)F)c3)[C@@H](OCc3ccc(OC)cc3)[C@@H]2OCc2ccc(OC)cc2)cc1. The number of urea groups is 2. The fourth-order valence-electron chi connectivity index (χ4n) is 9.30. The van der Waals surface area contributed by atoms with Crippen LogP contribution in [0.15, 0.2) is 146 Å². The summed E-state index contributed by atoms with van der Waals surface area (Å²) >= 11 is 0. The molecule has 2 fully saturated rings. The molecule has 8 rings (SSSR count). The van der Waals surface area contributed by atoms with Gasteiger partial charge < -0.3 is 79.1 Å². The maximum Gasteiger partial charge on any atom is 0.416 e. The molecule has 9 atom stereocenters. The number of benzene rings is 6. The van der Waals surface area contributed by atoms with Crippen molar-refractivity contribution in [3.8, 4) is 23.0 Å². The van der Waals surface area contributed by atoms with Crippen molar-refractivity contribution in [2.75, 3.05) is 58.9 Å². The van der Waals surface area contributed by atoms with Crippen LogP contribution in [0.3, 0.4) is 0 Å². The molecule has 4 unspecified atom stereocenters. The first-order chi connectivity index (χ1) is 40.4. The number of nitrogens with two attached hydrogens (primary N) is 1. The van der Waals surface area contributed by atoms with Gasteiger partial charge in [0, 0.05) is 11.4 Å². The molecule has 4 amide bonds. The van der Waals surface area contributed by atoms with E-state index in [4.69, 9.17) is 57.8 Å². The summed E-state index contributed by atoms with van der Waals surface area (Å²) < 4.78 is 151. The zero-order valence-electron chi connectivity index (χ0n) is 46.2. The van der Waals surface area contributed by atoms with Gasteiger partial charge in [-0.3, -0.25) is 0 Å². The number of carbonyl (C=O) groups is 2. The fourth-order valence-corrected chi connectivity index (χ4v) is 9.30. The largest absolute Gasteiger partial charge is 0.497 e. The standard InChI is InChI=1S/C60H65F6N5O13/c1-74-44-19-11-36(12-20-44)29-78-34-49-51(67)53(48(33-80-49)70-57(72)68-42-9-5-7-40(27-42)59(61,62)63)84-56-52(71-58(73)69-43-10-6-8-41(28-43)60(64,65)66)55(82-32-39-17-25-47(77-4)26-18-39)54(81-31-38-15-23-46(76-3)24-16-38)50(83-56)35-79-30-37-13-21-45(75-2)22-14-37/h5-28,48-56H,29-35,67H2,1-4H3,(H2,68,70,72)(H2,69,71,73)/t48?,49?,50?,51-,52?,53+,54+,55+,56-/m0/s1. The Balaban J connectivity index is 1.18. The fraction of sp³-hybridized carbons (Fsp3) is 0.367. The molecule has 84 heavy (non-hydrogen) atoms. The van der Waals surface area contributed by atoms with Gasteiger partial charge in [0.25, 0.3) is 0 Å². The zero-order valence-corrected chi connectivity index (χ0v) is 46.2. The molecule has 2 aliphatic heterocycles. The topological polar surface area (TPSA) is 210 Å². The van der Waals surface area contributed by atoms with Gasteiger partial charge in [-0.2, -0.15) is 26.3 Å². The molecular formula is C60H65F6N5O13. The summed E-state index contributed by atoms with van der Waals surface area (Å²) in [6.07, 6.45) is -16.9. The van der Waals surface area contributed by atoms with E-state index in [-0.39, 0.29) is 57.6 Å². The van der Waals surface area contributed by atoms with E-state index in [0.717, 1.165) is 47.5 Å². The van der Waals surface area contributed by atoms with Gasteiger partial charge in [-0.1, -0.05) is 60.7 Å². The first kappa shape index (κ1) is 62.4. The molecule has 0 saturated carbocycles. The smallest absolute Gasteiger partial charge is 0.416 e. The lowest BCUT2D eigenvalue weighted by Crippen LogP contribution is -2.70. The number of carbonyl (C=O) groups excluding carboxylic acids is 2. The number of hydrogen-bond acceptors (Lipinski definition) is 14. The summed E-state index contributed by atoms with van der Waals surface area (Å²) in [7, 11) is 6.12. The summed E-state index contributed by atoms with van der Waals surface area (Å²) in [5.41, 5.74) is 7.54. The Morgan fingerprint density at radius 1 is 0.524 bits per heavy atom. The summed E-state index contributed by atoms with van der Waals surface area (Å²) in [5, 5.41) is 10.5. The molecule has 6 aromatic rings. The molecule has 0 aromatic heterocycles. The third kappa shape index (κ3) is 17.4. The van der Waals surface area contributed by atoms with Crippen molar-refractivity contribution >= 4 is 23.4 Å². The van der Waals surface area contributed by atoms with E-state index < -0.39 is 90.5 Å². The van der Waals surface area contributed by atoms with Crippen LogP contribution in [-0.2, 0) is 71.9 Å². The molecule has 6 aromatic carbocycles. The first-order valence-corrected chi connectivity index (χ1v) is 26.5. The van der Waals surface area contributed by atoms with E-state index in [1.54, 1.807) is 87.0 Å². The predicted octanol–water partition coefficient (Wildman–Crippen LogP) is 9.88. The summed E-state index contributed by atoms with van der Waals surface area (Å²) in [4.78, 5) is 28.3. The van der Waals surface area contributed by atoms with Gasteiger partial charge in [-0.05, 0) is 107 Å². The lowest BCUT2D eigenvalue weighted by Gasteiger charge is -2.49. The second-order valence-corrected chi connectivity index (χ2v) is 19.6. The van der Waals surface area contributed by atoms with Gasteiger partial charge in [0.2, 0.25) is 0 Å². The van der Waals surface area contributed by atoms with E-state index in [0.29, 0.717) is 34.1 Å². The molecule has 0 bridgehead atoms. The highest BCUT2D eigenvalue weighted by Crippen LogP contribution is 2.35. The van der Waals surface area contributed by atoms with E-state index in [1.165, 1.54) is 26.4 Å². The van der Waals surface area contributed by atoms with Crippen LogP contribution in [0, 0.1) is 0 Å². The Hall–Kier alpha value is -7.68. The second kappa shape index (κ2) is 29.2. The van der Waals surface area contributed by atoms with Crippen molar-refractivity contribution in [2.24, 2.45) is 5.73 Å². The second-order valence-electron chi connectivity index (χ2n) is 19.6. The third-order valence-electron chi connectivity index (χ3n) is 13.8. The number of hydrogen-bond donors (Lipinski definition) is 5. The van der Waals surface area contributed by atoms with Crippen LogP contribution in [0.5, 0.6) is 23.0 Å². The van der Waals surface area contributed by atoms with Crippen molar-refractivity contribution in [2.45, 2.75) is 93.7 Å². The molecule has 0 aliphatic carbocycles. The van der Waals surface area contributed by atoms with Crippen LogP contribution in [0.25, 0.3) is 0 Å². The van der Waals surface area contributed by atoms with E-state index >= 15 is 0 Å².